The summed E-state index contributed by atoms with van der Waals surface area (Å²) in [7, 11) is 0. The van der Waals surface area contributed by atoms with Gasteiger partial charge in [0.05, 0.1) is 6.54 Å². The summed E-state index contributed by atoms with van der Waals surface area (Å²) >= 11 is 0. The van der Waals surface area contributed by atoms with Gasteiger partial charge in [0, 0.05) is 19.8 Å². The fourth-order valence-corrected chi connectivity index (χ4v) is 2.03. The lowest BCUT2D eigenvalue weighted by Gasteiger charge is -2.25. The van der Waals surface area contributed by atoms with Gasteiger partial charge < -0.3 is 19.5 Å². The number of amides is 1. The second-order valence-electron chi connectivity index (χ2n) is 4.17. The summed E-state index contributed by atoms with van der Waals surface area (Å²) in [5, 5.41) is 8.73. The summed E-state index contributed by atoms with van der Waals surface area (Å²) in [5.74, 6) is -0.684. The van der Waals surface area contributed by atoms with Crippen LogP contribution in [0.2, 0.25) is 0 Å². The molecule has 0 radical (unpaired) electrons. The predicted octanol–water partition coefficient (Wildman–Crippen LogP) is 0.318. The first-order valence-electron chi connectivity index (χ1n) is 5.43. The summed E-state index contributed by atoms with van der Waals surface area (Å²) < 4.78 is 9.95. The number of cyclic esters (lactones) is 1. The lowest BCUT2D eigenvalue weighted by atomic mass is 10.00. The Balaban J connectivity index is 1.85. The standard InChI is InChI=1S/C10H15NO5/c12-9(13)8-6-11(10(14)16-8)5-7-1-3-15-4-2-7/h7-8H,1-6H2,(H,12,13)/t8-/m1/s1. The molecular formula is C10H15NO5. The molecule has 6 nitrogen and oxygen atoms in total. The molecule has 2 fully saturated rings. The van der Waals surface area contributed by atoms with Crippen LogP contribution in [0.5, 0.6) is 0 Å². The van der Waals surface area contributed by atoms with Crippen LogP contribution in [0.1, 0.15) is 12.8 Å². The number of hydrogen-bond donors (Lipinski definition) is 1. The average Bonchev–Trinajstić information content (AvgIpc) is 2.62. The Labute approximate surface area is 93.1 Å². The Morgan fingerprint density at radius 2 is 2.12 bits per heavy atom. The number of carboxylic acids is 1. The van der Waals surface area contributed by atoms with Gasteiger partial charge in [-0.3, -0.25) is 0 Å². The van der Waals surface area contributed by atoms with Crippen molar-refractivity contribution >= 4 is 12.1 Å². The van der Waals surface area contributed by atoms with Crippen molar-refractivity contribution < 1.29 is 24.2 Å². The van der Waals surface area contributed by atoms with Gasteiger partial charge in [0.2, 0.25) is 6.10 Å². The van der Waals surface area contributed by atoms with Crippen LogP contribution in [0, 0.1) is 5.92 Å². The molecule has 0 aromatic heterocycles. The zero-order valence-corrected chi connectivity index (χ0v) is 8.92. The minimum absolute atomic E-state index is 0.158. The minimum Gasteiger partial charge on any atom is -0.478 e. The summed E-state index contributed by atoms with van der Waals surface area (Å²) in [6, 6.07) is 0. The highest BCUT2D eigenvalue weighted by atomic mass is 16.6. The molecule has 16 heavy (non-hydrogen) atoms. The molecule has 1 atom stereocenters. The van der Waals surface area contributed by atoms with Crippen molar-refractivity contribution in [3.8, 4) is 0 Å². The van der Waals surface area contributed by atoms with E-state index in [-0.39, 0.29) is 6.54 Å². The Morgan fingerprint density at radius 1 is 1.44 bits per heavy atom. The van der Waals surface area contributed by atoms with Crippen LogP contribution >= 0.6 is 0 Å². The predicted molar refractivity (Wildman–Crippen MR) is 53.0 cm³/mol. The lowest BCUT2D eigenvalue weighted by molar-refractivity contribution is -0.144. The number of carbonyl (C=O) groups is 2. The molecule has 2 rings (SSSR count). The largest absolute Gasteiger partial charge is 0.478 e. The van der Waals surface area contributed by atoms with Crippen molar-refractivity contribution in [1.29, 1.82) is 0 Å². The molecular weight excluding hydrogens is 214 g/mol. The van der Waals surface area contributed by atoms with E-state index in [9.17, 15) is 9.59 Å². The number of carbonyl (C=O) groups excluding carboxylic acids is 1. The van der Waals surface area contributed by atoms with Crippen molar-refractivity contribution in [1.82, 2.24) is 4.90 Å². The third-order valence-corrected chi connectivity index (χ3v) is 2.98. The molecule has 90 valence electrons. The molecule has 0 saturated carbocycles. The summed E-state index contributed by atoms with van der Waals surface area (Å²) in [5.41, 5.74) is 0. The molecule has 0 aromatic carbocycles. The Morgan fingerprint density at radius 3 is 2.69 bits per heavy atom. The van der Waals surface area contributed by atoms with Crippen molar-refractivity contribution in [3.63, 3.8) is 0 Å². The number of nitrogens with zero attached hydrogens (tertiary/aromatic N) is 1. The topological polar surface area (TPSA) is 76.1 Å². The second-order valence-corrected chi connectivity index (χ2v) is 4.17. The first kappa shape index (κ1) is 11.2. The fourth-order valence-electron chi connectivity index (χ4n) is 2.03. The van der Waals surface area contributed by atoms with E-state index in [1.807, 2.05) is 0 Å². The maximum atomic E-state index is 11.4. The van der Waals surface area contributed by atoms with Gasteiger partial charge in [-0.1, -0.05) is 0 Å². The minimum atomic E-state index is -1.08. The van der Waals surface area contributed by atoms with Crippen LogP contribution in [0.3, 0.4) is 0 Å². The van der Waals surface area contributed by atoms with Gasteiger partial charge in [-0.25, -0.2) is 9.59 Å². The van der Waals surface area contributed by atoms with E-state index in [1.165, 1.54) is 4.90 Å². The first-order chi connectivity index (χ1) is 7.66. The smallest absolute Gasteiger partial charge is 0.410 e. The average molecular weight is 229 g/mol. The Hall–Kier alpha value is -1.30. The van der Waals surface area contributed by atoms with Crippen molar-refractivity contribution in [2.24, 2.45) is 5.92 Å². The van der Waals surface area contributed by atoms with E-state index >= 15 is 0 Å². The normalized spacial score (nSPS) is 26.9. The molecule has 2 aliphatic heterocycles. The van der Waals surface area contributed by atoms with E-state index in [0.717, 1.165) is 26.1 Å². The molecule has 0 aromatic rings. The van der Waals surface area contributed by atoms with Crippen molar-refractivity contribution in [2.75, 3.05) is 26.3 Å². The zero-order valence-electron chi connectivity index (χ0n) is 8.92. The Kier molecular flexibility index (Phi) is 3.28. The fraction of sp³-hybridized carbons (Fsp3) is 0.800. The molecule has 0 spiro atoms. The molecule has 0 bridgehead atoms. The van der Waals surface area contributed by atoms with Crippen LogP contribution in [0.25, 0.3) is 0 Å². The van der Waals surface area contributed by atoms with E-state index in [4.69, 9.17) is 14.6 Å². The highest BCUT2D eigenvalue weighted by Gasteiger charge is 2.37. The summed E-state index contributed by atoms with van der Waals surface area (Å²) in [4.78, 5) is 23.5. The van der Waals surface area contributed by atoms with Gasteiger partial charge in [0.15, 0.2) is 0 Å². The zero-order chi connectivity index (χ0) is 11.5. The summed E-state index contributed by atoms with van der Waals surface area (Å²) in [6.07, 6.45) is 0.314. The third kappa shape index (κ3) is 2.44. The van der Waals surface area contributed by atoms with Crippen LogP contribution < -0.4 is 0 Å². The van der Waals surface area contributed by atoms with Gasteiger partial charge >= 0.3 is 12.1 Å². The molecule has 2 heterocycles. The van der Waals surface area contributed by atoms with Crippen LogP contribution in [0.15, 0.2) is 0 Å². The van der Waals surface area contributed by atoms with Gasteiger partial charge in [0.25, 0.3) is 0 Å². The van der Waals surface area contributed by atoms with Crippen LogP contribution in [0.4, 0.5) is 4.79 Å². The first-order valence-corrected chi connectivity index (χ1v) is 5.43. The highest BCUT2D eigenvalue weighted by Crippen LogP contribution is 2.20. The van der Waals surface area contributed by atoms with E-state index in [1.54, 1.807) is 0 Å². The van der Waals surface area contributed by atoms with Gasteiger partial charge in [-0.15, -0.1) is 0 Å². The lowest BCUT2D eigenvalue weighted by Crippen LogP contribution is -2.34. The van der Waals surface area contributed by atoms with Crippen LogP contribution in [-0.4, -0.2) is 54.5 Å². The number of hydrogen-bond acceptors (Lipinski definition) is 4. The third-order valence-electron chi connectivity index (χ3n) is 2.98. The van der Waals surface area contributed by atoms with E-state index < -0.39 is 18.2 Å². The quantitative estimate of drug-likeness (QED) is 0.754. The van der Waals surface area contributed by atoms with Gasteiger partial charge in [-0.2, -0.15) is 0 Å². The van der Waals surface area contributed by atoms with Crippen molar-refractivity contribution in [2.45, 2.75) is 18.9 Å². The van der Waals surface area contributed by atoms with Crippen molar-refractivity contribution in [3.05, 3.63) is 0 Å². The van der Waals surface area contributed by atoms with Gasteiger partial charge in [-0.05, 0) is 18.8 Å². The molecule has 0 aliphatic carbocycles. The maximum absolute atomic E-state index is 11.4. The van der Waals surface area contributed by atoms with Gasteiger partial charge in [0.1, 0.15) is 0 Å². The molecule has 1 amide bonds. The maximum Gasteiger partial charge on any atom is 0.410 e. The number of aliphatic carboxylic acids is 1. The SMILES string of the molecule is O=C(O)[C@H]1CN(CC2CCOCC2)C(=O)O1. The number of rotatable bonds is 3. The highest BCUT2D eigenvalue weighted by molar-refractivity contribution is 5.81. The van der Waals surface area contributed by atoms with E-state index in [0.29, 0.717) is 12.5 Å². The molecule has 2 saturated heterocycles. The molecule has 0 unspecified atom stereocenters. The summed E-state index contributed by atoms with van der Waals surface area (Å²) in [6.45, 7) is 2.17. The molecule has 1 N–H and O–H groups in total. The monoisotopic (exact) mass is 229 g/mol. The molecule has 2 aliphatic rings. The molecule has 6 heteroatoms. The van der Waals surface area contributed by atoms with E-state index in [2.05, 4.69) is 0 Å². The second kappa shape index (κ2) is 4.69. The number of carboxylic acid groups (broad SMARTS) is 1. The Bertz CT molecular complexity index is 287. The number of ether oxygens (including phenoxy) is 2. The van der Waals surface area contributed by atoms with Crippen LogP contribution in [-0.2, 0) is 14.3 Å².